The molecule has 4 saturated carbocycles. The molecule has 0 radical (unpaired) electrons. The minimum absolute atomic E-state index is 0.0431. The number of rotatable bonds is 6. The van der Waals surface area contributed by atoms with Crippen LogP contribution in [-0.2, 0) is 9.59 Å². The van der Waals surface area contributed by atoms with E-state index in [1.54, 1.807) is 11.8 Å². The van der Waals surface area contributed by atoms with Gasteiger partial charge in [0.1, 0.15) is 6.04 Å². The second-order valence-corrected chi connectivity index (χ2v) is 10.5. The normalized spacial score (nSPS) is 31.6. The lowest BCUT2D eigenvalue weighted by atomic mass is 9.49. The monoisotopic (exact) mass is 400 g/mol. The molecule has 0 aromatic heterocycles. The zero-order valence-corrected chi connectivity index (χ0v) is 18.0. The van der Waals surface area contributed by atoms with Gasteiger partial charge >= 0.3 is 0 Å². The number of carbonyl (C=O) groups is 2. The molecular weight excluding hydrogens is 368 g/mol. The van der Waals surface area contributed by atoms with E-state index >= 15 is 0 Å². The average Bonchev–Trinajstić information content (AvgIpc) is 2.64. The number of anilines is 1. The van der Waals surface area contributed by atoms with Gasteiger partial charge in [-0.2, -0.15) is 0 Å². The summed E-state index contributed by atoms with van der Waals surface area (Å²) in [5.41, 5.74) is 0.563. The van der Waals surface area contributed by atoms with Crippen molar-refractivity contribution >= 4 is 29.3 Å². The van der Waals surface area contributed by atoms with Crippen LogP contribution in [0.2, 0.25) is 0 Å². The number of hydrogen-bond donors (Lipinski definition) is 2. The molecule has 1 unspecified atom stereocenters. The number of amides is 2. The highest BCUT2D eigenvalue weighted by molar-refractivity contribution is 7.98. The Morgan fingerprint density at radius 3 is 2.21 bits per heavy atom. The van der Waals surface area contributed by atoms with E-state index in [1.807, 2.05) is 44.4 Å². The predicted molar refractivity (Wildman–Crippen MR) is 114 cm³/mol. The van der Waals surface area contributed by atoms with E-state index in [-0.39, 0.29) is 23.1 Å². The van der Waals surface area contributed by atoms with Crippen molar-refractivity contribution in [3.05, 3.63) is 24.3 Å². The molecule has 2 amide bonds. The molecule has 4 aliphatic rings. The third kappa shape index (κ3) is 3.83. The molecule has 152 valence electrons. The fourth-order valence-electron chi connectivity index (χ4n) is 6.14. The number of hydrogen-bond acceptors (Lipinski definition) is 3. The van der Waals surface area contributed by atoms with Crippen LogP contribution in [0.4, 0.5) is 5.69 Å². The van der Waals surface area contributed by atoms with Gasteiger partial charge in [-0.05, 0) is 86.7 Å². The van der Waals surface area contributed by atoms with Gasteiger partial charge in [-0.25, -0.2) is 0 Å². The van der Waals surface area contributed by atoms with E-state index in [4.69, 9.17) is 0 Å². The van der Waals surface area contributed by atoms with Crippen LogP contribution >= 0.6 is 11.8 Å². The number of nitrogens with one attached hydrogen (secondary N) is 2. The van der Waals surface area contributed by atoms with Gasteiger partial charge in [0, 0.05) is 16.0 Å². The van der Waals surface area contributed by atoms with E-state index in [1.165, 1.54) is 19.3 Å². The van der Waals surface area contributed by atoms with Gasteiger partial charge in [-0.1, -0.05) is 19.9 Å². The van der Waals surface area contributed by atoms with Crippen molar-refractivity contribution in [2.75, 3.05) is 11.6 Å². The summed E-state index contributed by atoms with van der Waals surface area (Å²) in [5.74, 6) is 2.21. The van der Waals surface area contributed by atoms with Crippen LogP contribution < -0.4 is 10.6 Å². The molecule has 4 aliphatic carbocycles. The number of benzene rings is 1. The highest BCUT2D eigenvalue weighted by Crippen LogP contribution is 2.60. The highest BCUT2D eigenvalue weighted by atomic mass is 32.2. The Morgan fingerprint density at radius 2 is 1.68 bits per heavy atom. The van der Waals surface area contributed by atoms with E-state index in [0.29, 0.717) is 0 Å². The van der Waals surface area contributed by atoms with Crippen LogP contribution in [0.5, 0.6) is 0 Å². The molecule has 5 rings (SSSR count). The first-order valence-electron chi connectivity index (χ1n) is 10.6. The molecule has 1 aromatic rings. The van der Waals surface area contributed by atoms with Gasteiger partial charge in [0.2, 0.25) is 11.8 Å². The van der Waals surface area contributed by atoms with Gasteiger partial charge in [0.05, 0.1) is 0 Å². The lowest BCUT2D eigenvalue weighted by Crippen LogP contribution is -2.57. The van der Waals surface area contributed by atoms with Crippen LogP contribution in [0.3, 0.4) is 0 Å². The number of thioether (sulfide) groups is 1. The fourth-order valence-corrected chi connectivity index (χ4v) is 6.60. The van der Waals surface area contributed by atoms with Gasteiger partial charge in [-0.15, -0.1) is 11.8 Å². The summed E-state index contributed by atoms with van der Waals surface area (Å²) in [7, 11) is 0. The topological polar surface area (TPSA) is 58.2 Å². The van der Waals surface area contributed by atoms with E-state index in [0.717, 1.165) is 47.6 Å². The molecule has 1 atom stereocenters. The Bertz CT molecular complexity index is 725. The molecule has 1 aromatic carbocycles. The molecule has 2 N–H and O–H groups in total. The van der Waals surface area contributed by atoms with Crippen LogP contribution in [0.1, 0.15) is 52.4 Å². The summed E-state index contributed by atoms with van der Waals surface area (Å²) in [6.07, 6.45) is 9.02. The summed E-state index contributed by atoms with van der Waals surface area (Å²) >= 11 is 1.65. The first kappa shape index (κ1) is 19.8. The largest absolute Gasteiger partial charge is 0.344 e. The van der Waals surface area contributed by atoms with Gasteiger partial charge in [-0.3, -0.25) is 9.59 Å². The summed E-state index contributed by atoms with van der Waals surface area (Å²) in [4.78, 5) is 27.5. The Balaban J connectivity index is 1.46. The lowest BCUT2D eigenvalue weighted by molar-refractivity contribution is -0.148. The first-order chi connectivity index (χ1) is 13.4. The molecule has 5 heteroatoms. The lowest BCUT2D eigenvalue weighted by Gasteiger charge is -2.55. The zero-order valence-electron chi connectivity index (χ0n) is 17.2. The van der Waals surface area contributed by atoms with Gasteiger partial charge in [0.25, 0.3) is 0 Å². The van der Waals surface area contributed by atoms with Gasteiger partial charge < -0.3 is 10.6 Å². The fraction of sp³-hybridized carbons (Fsp3) is 0.652. The van der Waals surface area contributed by atoms with Crippen molar-refractivity contribution < 1.29 is 9.59 Å². The minimum atomic E-state index is -0.501. The Kier molecular flexibility index (Phi) is 5.47. The van der Waals surface area contributed by atoms with E-state index < -0.39 is 6.04 Å². The first-order valence-corrected chi connectivity index (χ1v) is 11.9. The van der Waals surface area contributed by atoms with Crippen molar-refractivity contribution in [3.63, 3.8) is 0 Å². The third-order valence-electron chi connectivity index (χ3n) is 7.09. The summed E-state index contributed by atoms with van der Waals surface area (Å²) in [6.45, 7) is 4.01. The zero-order chi connectivity index (χ0) is 19.9. The predicted octanol–water partition coefficient (Wildman–Crippen LogP) is 4.70. The standard InChI is InChI=1S/C23H32N2O2S/c1-14(2)20(21(26)24-18-5-4-6-19(10-18)28-3)25-22(27)23-11-15-7-16(12-23)9-17(8-15)13-23/h4-6,10,14-17,20H,7-9,11-13H2,1-3H3,(H,24,26)(H,25,27). The quantitative estimate of drug-likeness (QED) is 0.680. The summed E-state index contributed by atoms with van der Waals surface area (Å²) < 4.78 is 0. The molecule has 0 aliphatic heterocycles. The maximum absolute atomic E-state index is 13.4. The van der Waals surface area contributed by atoms with Crippen molar-refractivity contribution in [2.24, 2.45) is 29.1 Å². The minimum Gasteiger partial charge on any atom is -0.344 e. The molecule has 28 heavy (non-hydrogen) atoms. The maximum atomic E-state index is 13.4. The van der Waals surface area contributed by atoms with Crippen LogP contribution in [0.25, 0.3) is 0 Å². The highest BCUT2D eigenvalue weighted by Gasteiger charge is 2.55. The Morgan fingerprint density at radius 1 is 1.07 bits per heavy atom. The van der Waals surface area contributed by atoms with Crippen molar-refractivity contribution in [2.45, 2.75) is 63.3 Å². The van der Waals surface area contributed by atoms with E-state index in [2.05, 4.69) is 10.6 Å². The molecule has 0 heterocycles. The maximum Gasteiger partial charge on any atom is 0.247 e. The summed E-state index contributed by atoms with van der Waals surface area (Å²) in [6, 6.07) is 7.34. The molecule has 4 fully saturated rings. The van der Waals surface area contributed by atoms with Crippen LogP contribution in [0, 0.1) is 29.1 Å². The smallest absolute Gasteiger partial charge is 0.247 e. The van der Waals surface area contributed by atoms with Crippen LogP contribution in [-0.4, -0.2) is 24.1 Å². The Hall–Kier alpha value is -1.49. The van der Waals surface area contributed by atoms with Crippen molar-refractivity contribution in [1.29, 1.82) is 0 Å². The van der Waals surface area contributed by atoms with Crippen molar-refractivity contribution in [3.8, 4) is 0 Å². The van der Waals surface area contributed by atoms with Gasteiger partial charge in [0.15, 0.2) is 0 Å². The molecule has 4 bridgehead atoms. The van der Waals surface area contributed by atoms with E-state index in [9.17, 15) is 9.59 Å². The number of carbonyl (C=O) groups excluding carboxylic acids is 2. The van der Waals surface area contributed by atoms with Crippen LogP contribution in [0.15, 0.2) is 29.2 Å². The molecule has 0 saturated heterocycles. The third-order valence-corrected chi connectivity index (χ3v) is 7.82. The average molecular weight is 401 g/mol. The Labute approximate surface area is 172 Å². The van der Waals surface area contributed by atoms with Crippen molar-refractivity contribution in [1.82, 2.24) is 5.32 Å². The summed E-state index contributed by atoms with van der Waals surface area (Å²) in [5, 5.41) is 6.18. The second kappa shape index (κ2) is 7.74. The SMILES string of the molecule is CSc1cccc(NC(=O)C(NC(=O)C23CC4CC(CC(C4)C2)C3)C(C)C)c1. The molecule has 4 nitrogen and oxygen atoms in total. The molecular formula is C23H32N2O2S. The molecule has 0 spiro atoms. The second-order valence-electron chi connectivity index (χ2n) is 9.61.